The molecule has 0 fully saturated rings. The molecular formula is C23H19FN4O5. The monoisotopic (exact) mass is 450 g/mol. The smallest absolute Gasteiger partial charge is 0.342 e. The number of nitro benzene ring substituents is 1. The van der Waals surface area contributed by atoms with E-state index in [4.69, 9.17) is 9.15 Å². The molecule has 0 bridgehead atoms. The number of anilines is 2. The summed E-state index contributed by atoms with van der Waals surface area (Å²) in [5.74, 6) is -1.49. The number of para-hydroxylation sites is 1. The van der Waals surface area contributed by atoms with Crippen LogP contribution < -0.4 is 5.32 Å². The molecule has 4 rings (SSSR count). The zero-order valence-electron chi connectivity index (χ0n) is 18.0. The molecule has 2 aromatic carbocycles. The minimum absolute atomic E-state index is 0.0559. The summed E-state index contributed by atoms with van der Waals surface area (Å²) in [5.41, 5.74) is 1.53. The molecule has 0 aliphatic carbocycles. The van der Waals surface area contributed by atoms with Gasteiger partial charge in [0.1, 0.15) is 17.4 Å². The molecule has 0 aliphatic rings. The van der Waals surface area contributed by atoms with E-state index in [1.54, 1.807) is 26.8 Å². The topological polar surface area (TPSA) is 120 Å². The molecule has 0 aliphatic heterocycles. The number of fused-ring (bicyclic) bond motifs is 1. The lowest BCUT2D eigenvalue weighted by molar-refractivity contribution is -0.387. The average Bonchev–Trinajstić information content (AvgIpc) is 3.19. The first-order valence-electron chi connectivity index (χ1n) is 10.0. The first kappa shape index (κ1) is 21.9. The molecule has 0 unspecified atom stereocenters. The van der Waals surface area contributed by atoms with Crippen molar-refractivity contribution >= 4 is 34.3 Å². The number of furan rings is 1. The number of hydrogen-bond acceptors (Lipinski definition) is 8. The molecule has 0 saturated heterocycles. The number of benzene rings is 2. The fraction of sp³-hybridized carbons (Fsp3) is 0.174. The molecular weight excluding hydrogens is 431 g/mol. The maximum Gasteiger partial charge on any atom is 0.342 e. The molecule has 0 amide bonds. The minimum atomic E-state index is -0.943. The number of hydrogen-bond donors (Lipinski definition) is 1. The molecule has 0 spiro atoms. The highest BCUT2D eigenvalue weighted by molar-refractivity contribution is 6.02. The molecule has 2 heterocycles. The molecule has 0 atom stereocenters. The van der Waals surface area contributed by atoms with Gasteiger partial charge in [-0.05, 0) is 38.5 Å². The van der Waals surface area contributed by atoms with E-state index in [-0.39, 0.29) is 29.0 Å². The molecule has 10 heteroatoms. The normalized spacial score (nSPS) is 11.1. The Balaban J connectivity index is 1.82. The Kier molecular flexibility index (Phi) is 5.74. The van der Waals surface area contributed by atoms with Gasteiger partial charge in [-0.25, -0.2) is 14.8 Å². The van der Waals surface area contributed by atoms with E-state index >= 15 is 0 Å². The number of ether oxygens (including phenoxy) is 1. The summed E-state index contributed by atoms with van der Waals surface area (Å²) in [6.45, 7) is 5.05. The zero-order chi connectivity index (χ0) is 23.7. The van der Waals surface area contributed by atoms with E-state index in [1.165, 1.54) is 12.5 Å². The number of nitrogens with zero attached hydrogens (tertiary/aromatic N) is 3. The standard InChI is InChI=1S/C23H19FN4O5/c1-12(2)33-22(29)15-10-25-23(26-18-9-19(28(30)31)17(24)8-13(18)3)27-21(15)16-11-32-20-7-5-4-6-14(16)20/h4-12H,1-3H3,(H,25,26,27). The van der Waals surface area contributed by atoms with Gasteiger partial charge in [0.15, 0.2) is 0 Å². The molecule has 0 radical (unpaired) electrons. The summed E-state index contributed by atoms with van der Waals surface area (Å²) < 4.78 is 24.8. The SMILES string of the molecule is Cc1cc(F)c([N+](=O)[O-])cc1Nc1ncc(C(=O)OC(C)C)c(-c2coc3ccccc23)n1. The van der Waals surface area contributed by atoms with E-state index in [2.05, 4.69) is 15.3 Å². The van der Waals surface area contributed by atoms with E-state index in [1.807, 2.05) is 18.2 Å². The molecule has 9 nitrogen and oxygen atoms in total. The highest BCUT2D eigenvalue weighted by atomic mass is 19.1. The van der Waals surface area contributed by atoms with Crippen LogP contribution in [0, 0.1) is 22.9 Å². The van der Waals surface area contributed by atoms with E-state index < -0.39 is 22.4 Å². The third-order valence-electron chi connectivity index (χ3n) is 4.82. The number of carbonyl (C=O) groups excluding carboxylic acids is 1. The van der Waals surface area contributed by atoms with Gasteiger partial charge >= 0.3 is 11.7 Å². The first-order valence-corrected chi connectivity index (χ1v) is 10.0. The third kappa shape index (κ3) is 4.36. The number of carbonyl (C=O) groups is 1. The van der Waals surface area contributed by atoms with Crippen molar-refractivity contribution in [3.63, 3.8) is 0 Å². The van der Waals surface area contributed by atoms with Gasteiger partial charge in [0.2, 0.25) is 11.8 Å². The molecule has 2 aromatic heterocycles. The van der Waals surface area contributed by atoms with Crippen LogP contribution in [0.25, 0.3) is 22.2 Å². The van der Waals surface area contributed by atoms with Crippen LogP contribution in [0.4, 0.5) is 21.7 Å². The molecule has 1 N–H and O–H groups in total. The van der Waals surface area contributed by atoms with Gasteiger partial charge in [0.05, 0.1) is 22.4 Å². The number of halogens is 1. The largest absolute Gasteiger partial charge is 0.464 e. The predicted molar refractivity (Wildman–Crippen MR) is 119 cm³/mol. The van der Waals surface area contributed by atoms with Gasteiger partial charge in [-0.1, -0.05) is 18.2 Å². The van der Waals surface area contributed by atoms with Crippen molar-refractivity contribution in [2.45, 2.75) is 26.9 Å². The number of aromatic nitrogens is 2. The van der Waals surface area contributed by atoms with Crippen molar-refractivity contribution in [1.82, 2.24) is 9.97 Å². The molecule has 168 valence electrons. The van der Waals surface area contributed by atoms with Gasteiger partial charge in [-0.2, -0.15) is 4.39 Å². The maximum atomic E-state index is 13.9. The lowest BCUT2D eigenvalue weighted by Crippen LogP contribution is -2.14. The van der Waals surface area contributed by atoms with Crippen LogP contribution in [0.2, 0.25) is 0 Å². The number of nitro groups is 1. The van der Waals surface area contributed by atoms with Gasteiger partial charge in [0, 0.05) is 23.2 Å². The molecule has 33 heavy (non-hydrogen) atoms. The van der Waals surface area contributed by atoms with Crippen LogP contribution in [-0.2, 0) is 4.74 Å². The first-order chi connectivity index (χ1) is 15.7. The van der Waals surface area contributed by atoms with Crippen LogP contribution in [0.15, 0.2) is 53.3 Å². The van der Waals surface area contributed by atoms with Crippen LogP contribution in [0.1, 0.15) is 29.8 Å². The van der Waals surface area contributed by atoms with Crippen LogP contribution in [0.3, 0.4) is 0 Å². The Labute approximate surface area is 187 Å². The Morgan fingerprint density at radius 3 is 2.76 bits per heavy atom. The number of rotatable bonds is 6. The summed E-state index contributed by atoms with van der Waals surface area (Å²) in [5, 5.41) is 14.7. The fourth-order valence-corrected chi connectivity index (χ4v) is 3.29. The van der Waals surface area contributed by atoms with Crippen LogP contribution in [-0.4, -0.2) is 27.0 Å². The highest BCUT2D eigenvalue weighted by Gasteiger charge is 2.23. The quantitative estimate of drug-likeness (QED) is 0.230. The zero-order valence-corrected chi connectivity index (χ0v) is 18.0. The Morgan fingerprint density at radius 2 is 2.03 bits per heavy atom. The summed E-state index contributed by atoms with van der Waals surface area (Å²) in [6.07, 6.45) is 2.44. The van der Waals surface area contributed by atoms with Gasteiger partial charge in [-0.15, -0.1) is 0 Å². The van der Waals surface area contributed by atoms with Crippen molar-refractivity contribution < 1.29 is 23.3 Å². The van der Waals surface area contributed by atoms with Crippen molar-refractivity contribution in [1.29, 1.82) is 0 Å². The molecule has 0 saturated carbocycles. The number of aryl methyl sites for hydroxylation is 1. The van der Waals surface area contributed by atoms with E-state index in [9.17, 15) is 19.3 Å². The second-order valence-electron chi connectivity index (χ2n) is 7.56. The van der Waals surface area contributed by atoms with Crippen LogP contribution >= 0.6 is 0 Å². The third-order valence-corrected chi connectivity index (χ3v) is 4.82. The predicted octanol–water partition coefficient (Wildman–Crippen LogP) is 5.55. The van der Waals surface area contributed by atoms with Crippen molar-refractivity contribution in [2.24, 2.45) is 0 Å². The summed E-state index contributed by atoms with van der Waals surface area (Å²) in [6, 6.07) is 9.39. The van der Waals surface area contributed by atoms with Crippen molar-refractivity contribution in [3.8, 4) is 11.3 Å². The highest BCUT2D eigenvalue weighted by Crippen LogP contribution is 2.33. The maximum absolute atomic E-state index is 13.9. The minimum Gasteiger partial charge on any atom is -0.464 e. The fourth-order valence-electron chi connectivity index (χ4n) is 3.29. The Hall–Kier alpha value is -4.34. The summed E-state index contributed by atoms with van der Waals surface area (Å²) >= 11 is 0. The summed E-state index contributed by atoms with van der Waals surface area (Å²) in [7, 11) is 0. The van der Waals surface area contributed by atoms with Crippen molar-refractivity contribution in [2.75, 3.05) is 5.32 Å². The Morgan fingerprint density at radius 1 is 1.27 bits per heavy atom. The second-order valence-corrected chi connectivity index (χ2v) is 7.56. The number of esters is 1. The lowest BCUT2D eigenvalue weighted by Gasteiger charge is -2.13. The van der Waals surface area contributed by atoms with Gasteiger partial charge in [0.25, 0.3) is 0 Å². The lowest BCUT2D eigenvalue weighted by atomic mass is 10.1. The average molecular weight is 450 g/mol. The van der Waals surface area contributed by atoms with Crippen molar-refractivity contribution in [3.05, 3.63) is 75.9 Å². The van der Waals surface area contributed by atoms with E-state index in [0.29, 0.717) is 16.7 Å². The van der Waals surface area contributed by atoms with Gasteiger partial charge in [-0.3, -0.25) is 10.1 Å². The number of nitrogens with one attached hydrogen (secondary N) is 1. The van der Waals surface area contributed by atoms with E-state index in [0.717, 1.165) is 17.5 Å². The van der Waals surface area contributed by atoms with Gasteiger partial charge < -0.3 is 14.5 Å². The Bertz CT molecular complexity index is 1380. The summed E-state index contributed by atoms with van der Waals surface area (Å²) in [4.78, 5) is 31.7. The second kappa shape index (κ2) is 8.65. The van der Waals surface area contributed by atoms with Crippen LogP contribution in [0.5, 0.6) is 0 Å². The molecule has 4 aromatic rings.